The summed E-state index contributed by atoms with van der Waals surface area (Å²) in [5, 5.41) is 9.56. The van der Waals surface area contributed by atoms with E-state index in [9.17, 15) is 13.2 Å². The minimum Gasteiger partial charge on any atom is -0.443 e. The highest BCUT2D eigenvalue weighted by Gasteiger charge is 2.40. The number of carbonyl (C=O) groups excluding carboxylic acids is 1. The Kier molecular flexibility index (Phi) is 6.20. The van der Waals surface area contributed by atoms with Crippen LogP contribution in [0.3, 0.4) is 0 Å². The Bertz CT molecular complexity index is 1500. The lowest BCUT2D eigenvalue weighted by molar-refractivity contribution is -0.122. The number of ketones is 1. The predicted octanol–water partition coefficient (Wildman–Crippen LogP) is 4.72. The van der Waals surface area contributed by atoms with Crippen molar-refractivity contribution in [3.05, 3.63) is 84.2 Å². The summed E-state index contributed by atoms with van der Waals surface area (Å²) < 4.78 is 33.5. The predicted molar refractivity (Wildman–Crippen MR) is 131 cm³/mol. The third-order valence-electron chi connectivity index (χ3n) is 6.33. The molecule has 2 aromatic heterocycles. The van der Waals surface area contributed by atoms with Gasteiger partial charge in [0.05, 0.1) is 17.7 Å². The van der Waals surface area contributed by atoms with Gasteiger partial charge in [-0.05, 0) is 60.7 Å². The van der Waals surface area contributed by atoms with E-state index in [1.165, 1.54) is 10.4 Å². The van der Waals surface area contributed by atoms with Crippen LogP contribution in [0.15, 0.2) is 82.4 Å². The summed E-state index contributed by atoms with van der Waals surface area (Å²) >= 11 is 0. The van der Waals surface area contributed by atoms with Crippen molar-refractivity contribution in [2.24, 2.45) is 0 Å². The third-order valence-corrected chi connectivity index (χ3v) is 8.10. The second-order valence-electron chi connectivity index (χ2n) is 8.57. The number of hydrogen-bond donors (Lipinski definition) is 0. The van der Waals surface area contributed by atoms with Gasteiger partial charge in [-0.1, -0.05) is 30.3 Å². The van der Waals surface area contributed by atoms with Crippen LogP contribution in [0.2, 0.25) is 0 Å². The number of furan rings is 1. The minimum absolute atomic E-state index is 0.118. The lowest BCUT2D eigenvalue weighted by Crippen LogP contribution is -2.40. The largest absolute Gasteiger partial charge is 0.443 e. The standard InChI is InChI=1S/C27H23N3O4S/c28-18-19-7-9-20(10-8-19)21-13-14-29-23(16-21)11-12-25(31)24-5-3-15-30(24)35(32,33)27-17-22-4-1-2-6-26(22)34-27/h1-2,4,6-10,13-14,16-17,24H,3,5,11-12,15H2/t24-/m0/s1. The number of fused-ring (bicyclic) bond motifs is 1. The number of nitrogens with zero attached hydrogens (tertiary/aromatic N) is 3. The molecule has 0 saturated carbocycles. The van der Waals surface area contributed by atoms with Crippen LogP contribution < -0.4 is 0 Å². The van der Waals surface area contributed by atoms with Crippen LogP contribution >= 0.6 is 0 Å². The Morgan fingerprint density at radius 3 is 2.66 bits per heavy atom. The van der Waals surface area contributed by atoms with Gasteiger partial charge in [0.25, 0.3) is 10.0 Å². The zero-order valence-corrected chi connectivity index (χ0v) is 19.7. The Hall–Kier alpha value is -3.80. The van der Waals surface area contributed by atoms with E-state index in [2.05, 4.69) is 11.1 Å². The van der Waals surface area contributed by atoms with Gasteiger partial charge in [0.15, 0.2) is 5.78 Å². The molecule has 0 radical (unpaired) electrons. The van der Waals surface area contributed by atoms with E-state index < -0.39 is 16.1 Å². The highest BCUT2D eigenvalue weighted by Crippen LogP contribution is 2.31. The van der Waals surface area contributed by atoms with Crippen LogP contribution in [0.25, 0.3) is 22.1 Å². The van der Waals surface area contributed by atoms with E-state index in [4.69, 9.17) is 9.68 Å². The highest BCUT2D eigenvalue weighted by molar-refractivity contribution is 7.89. The summed E-state index contributed by atoms with van der Waals surface area (Å²) in [5.41, 5.74) is 3.75. The van der Waals surface area contributed by atoms with Gasteiger partial charge in [-0.3, -0.25) is 9.78 Å². The van der Waals surface area contributed by atoms with Gasteiger partial charge in [0.1, 0.15) is 5.58 Å². The van der Waals surface area contributed by atoms with Gasteiger partial charge < -0.3 is 4.42 Å². The average Bonchev–Trinajstić information content (AvgIpc) is 3.56. The number of benzene rings is 2. The minimum atomic E-state index is -3.92. The smallest absolute Gasteiger partial charge is 0.277 e. The number of hydrogen-bond acceptors (Lipinski definition) is 6. The van der Waals surface area contributed by atoms with Crippen LogP contribution in [0.4, 0.5) is 0 Å². The lowest BCUT2D eigenvalue weighted by atomic mass is 10.0. The molecule has 0 N–H and O–H groups in total. The Labute approximate surface area is 203 Å². The molecule has 1 atom stereocenters. The fraction of sp³-hybridized carbons (Fsp3) is 0.222. The van der Waals surface area contributed by atoms with Crippen LogP contribution in [-0.4, -0.2) is 36.1 Å². The molecule has 5 rings (SSSR count). The van der Waals surface area contributed by atoms with Crippen molar-refractivity contribution >= 4 is 26.8 Å². The first-order valence-corrected chi connectivity index (χ1v) is 12.9. The summed E-state index contributed by atoms with van der Waals surface area (Å²) in [6.45, 7) is 0.294. The molecule has 0 unspecified atom stereocenters. The second kappa shape index (κ2) is 9.45. The maximum absolute atomic E-state index is 13.3. The molecule has 1 aliphatic rings. The zero-order valence-electron chi connectivity index (χ0n) is 18.9. The number of nitriles is 1. The van der Waals surface area contributed by atoms with Crippen molar-refractivity contribution in [1.29, 1.82) is 5.26 Å². The Morgan fingerprint density at radius 2 is 1.89 bits per heavy atom. The number of pyridine rings is 1. The molecular formula is C27H23N3O4S. The summed E-state index contributed by atoms with van der Waals surface area (Å²) in [6, 6.07) is 21.1. The monoisotopic (exact) mass is 485 g/mol. The molecule has 1 saturated heterocycles. The van der Waals surface area contributed by atoms with E-state index in [0.29, 0.717) is 42.3 Å². The van der Waals surface area contributed by atoms with E-state index >= 15 is 0 Å². The van der Waals surface area contributed by atoms with Gasteiger partial charge in [-0.15, -0.1) is 0 Å². The number of sulfonamides is 1. The van der Waals surface area contributed by atoms with Gasteiger partial charge in [-0.2, -0.15) is 9.57 Å². The van der Waals surface area contributed by atoms with Crippen LogP contribution in [0.5, 0.6) is 0 Å². The fourth-order valence-corrected chi connectivity index (χ4v) is 6.13. The number of aryl methyl sites for hydroxylation is 1. The molecule has 0 spiro atoms. The maximum atomic E-state index is 13.3. The van der Waals surface area contributed by atoms with Gasteiger partial charge in [-0.25, -0.2) is 8.42 Å². The van der Waals surface area contributed by atoms with E-state index in [1.54, 1.807) is 36.5 Å². The van der Waals surface area contributed by atoms with Crippen molar-refractivity contribution < 1.29 is 17.6 Å². The second-order valence-corrected chi connectivity index (χ2v) is 10.4. The van der Waals surface area contributed by atoms with Crippen LogP contribution in [-0.2, 0) is 21.2 Å². The molecule has 35 heavy (non-hydrogen) atoms. The molecule has 2 aromatic carbocycles. The highest BCUT2D eigenvalue weighted by atomic mass is 32.2. The molecule has 4 aromatic rings. The molecule has 0 amide bonds. The van der Waals surface area contributed by atoms with Gasteiger partial charge in [0, 0.05) is 36.3 Å². The van der Waals surface area contributed by atoms with Gasteiger partial charge >= 0.3 is 0 Å². The number of carbonyl (C=O) groups is 1. The normalized spacial score (nSPS) is 16.4. The molecule has 1 aliphatic heterocycles. The molecule has 3 heterocycles. The lowest BCUT2D eigenvalue weighted by Gasteiger charge is -2.21. The average molecular weight is 486 g/mol. The molecule has 8 heteroatoms. The topological polar surface area (TPSA) is 104 Å². The first kappa shape index (κ1) is 23.0. The van der Waals surface area contributed by atoms with Crippen molar-refractivity contribution in [2.75, 3.05) is 6.54 Å². The number of aromatic nitrogens is 1. The number of para-hydroxylation sites is 1. The summed E-state index contributed by atoms with van der Waals surface area (Å²) in [7, 11) is -3.92. The number of rotatable bonds is 7. The summed E-state index contributed by atoms with van der Waals surface area (Å²) in [6.07, 6.45) is 3.43. The van der Waals surface area contributed by atoms with E-state index in [1.807, 2.05) is 30.3 Å². The van der Waals surface area contributed by atoms with Crippen molar-refractivity contribution in [2.45, 2.75) is 36.8 Å². The SMILES string of the molecule is N#Cc1ccc(-c2ccnc(CCC(=O)[C@@H]3CCCN3S(=O)(=O)c3cc4ccccc4o3)c2)cc1. The summed E-state index contributed by atoms with van der Waals surface area (Å²) in [4.78, 5) is 17.5. The number of Topliss-reactive ketones (excluding diaryl/α,β-unsaturated/α-hetero) is 1. The molecule has 0 bridgehead atoms. The molecular weight excluding hydrogens is 462 g/mol. The van der Waals surface area contributed by atoms with E-state index in [-0.39, 0.29) is 17.3 Å². The van der Waals surface area contributed by atoms with Crippen molar-refractivity contribution in [3.8, 4) is 17.2 Å². The molecule has 0 aliphatic carbocycles. The fourth-order valence-electron chi connectivity index (χ4n) is 4.50. The maximum Gasteiger partial charge on any atom is 0.277 e. The Morgan fingerprint density at radius 1 is 1.09 bits per heavy atom. The first-order chi connectivity index (χ1) is 17.0. The van der Waals surface area contributed by atoms with Crippen molar-refractivity contribution in [1.82, 2.24) is 9.29 Å². The van der Waals surface area contributed by atoms with Crippen LogP contribution in [0.1, 0.15) is 30.5 Å². The zero-order chi connectivity index (χ0) is 24.4. The molecule has 1 fully saturated rings. The molecule has 176 valence electrons. The summed E-state index contributed by atoms with van der Waals surface area (Å²) in [5.74, 6) is -0.118. The van der Waals surface area contributed by atoms with E-state index in [0.717, 1.165) is 16.8 Å². The van der Waals surface area contributed by atoms with Crippen molar-refractivity contribution in [3.63, 3.8) is 0 Å². The molecule has 7 nitrogen and oxygen atoms in total. The third kappa shape index (κ3) is 4.61. The Balaban J connectivity index is 1.29. The van der Waals surface area contributed by atoms with Gasteiger partial charge in [0.2, 0.25) is 5.09 Å². The van der Waals surface area contributed by atoms with Crippen LogP contribution in [0, 0.1) is 11.3 Å². The first-order valence-electron chi connectivity index (χ1n) is 11.4. The quantitative estimate of drug-likeness (QED) is 0.375.